The van der Waals surface area contributed by atoms with E-state index in [2.05, 4.69) is 0 Å². The standard InChI is InChI=1S/C7H13NO2/c1-7(2,3-4-8)6(10)5-9/h6,9-10H,3,5H2,1-2H3. The van der Waals surface area contributed by atoms with Gasteiger partial charge in [0.2, 0.25) is 0 Å². The second-order valence-electron chi connectivity index (χ2n) is 3.02. The second-order valence-corrected chi connectivity index (χ2v) is 3.02. The van der Waals surface area contributed by atoms with E-state index in [0.717, 1.165) is 0 Å². The molecule has 3 nitrogen and oxygen atoms in total. The van der Waals surface area contributed by atoms with Crippen molar-refractivity contribution in [2.24, 2.45) is 5.41 Å². The first-order valence-electron chi connectivity index (χ1n) is 3.20. The highest BCUT2D eigenvalue weighted by atomic mass is 16.3. The van der Waals surface area contributed by atoms with Gasteiger partial charge < -0.3 is 10.2 Å². The molecule has 0 aromatic carbocycles. The number of aliphatic hydroxyl groups is 2. The maximum Gasteiger partial charge on any atom is 0.0831 e. The Morgan fingerprint density at radius 3 is 2.40 bits per heavy atom. The Balaban J connectivity index is 3.98. The van der Waals surface area contributed by atoms with Gasteiger partial charge in [0, 0.05) is 11.8 Å². The Labute approximate surface area is 60.9 Å². The van der Waals surface area contributed by atoms with Crippen molar-refractivity contribution in [1.29, 1.82) is 5.26 Å². The molecule has 0 aliphatic heterocycles. The van der Waals surface area contributed by atoms with Gasteiger partial charge in [-0.05, 0) is 0 Å². The molecule has 0 fully saturated rings. The summed E-state index contributed by atoms with van der Waals surface area (Å²) < 4.78 is 0. The van der Waals surface area contributed by atoms with Crippen molar-refractivity contribution in [2.75, 3.05) is 6.61 Å². The molecule has 2 N–H and O–H groups in total. The molecule has 0 radical (unpaired) electrons. The van der Waals surface area contributed by atoms with Crippen LogP contribution in [0.25, 0.3) is 0 Å². The first-order valence-corrected chi connectivity index (χ1v) is 3.20. The lowest BCUT2D eigenvalue weighted by atomic mass is 9.84. The summed E-state index contributed by atoms with van der Waals surface area (Å²) >= 11 is 0. The summed E-state index contributed by atoms with van der Waals surface area (Å²) in [5.74, 6) is 0. The van der Waals surface area contributed by atoms with Gasteiger partial charge in [-0.15, -0.1) is 0 Å². The fourth-order valence-corrected chi connectivity index (χ4v) is 0.569. The van der Waals surface area contributed by atoms with E-state index in [9.17, 15) is 0 Å². The molecule has 0 aromatic rings. The minimum absolute atomic E-state index is 0.259. The Kier molecular flexibility index (Phi) is 3.34. The van der Waals surface area contributed by atoms with Gasteiger partial charge in [0.1, 0.15) is 0 Å². The van der Waals surface area contributed by atoms with Crippen LogP contribution in [-0.4, -0.2) is 22.9 Å². The van der Waals surface area contributed by atoms with Gasteiger partial charge in [0.25, 0.3) is 0 Å². The fraction of sp³-hybridized carbons (Fsp3) is 0.857. The molecule has 0 amide bonds. The van der Waals surface area contributed by atoms with Crippen molar-refractivity contribution in [3.8, 4) is 6.07 Å². The third-order valence-electron chi connectivity index (χ3n) is 1.61. The molecule has 0 saturated carbocycles. The highest BCUT2D eigenvalue weighted by Crippen LogP contribution is 2.23. The van der Waals surface area contributed by atoms with E-state index in [1.807, 2.05) is 6.07 Å². The molecule has 0 bridgehead atoms. The van der Waals surface area contributed by atoms with Crippen molar-refractivity contribution < 1.29 is 10.2 Å². The number of aliphatic hydroxyl groups excluding tert-OH is 2. The molecule has 0 heterocycles. The van der Waals surface area contributed by atoms with E-state index >= 15 is 0 Å². The number of rotatable bonds is 3. The zero-order chi connectivity index (χ0) is 8.20. The molecule has 0 aromatic heterocycles. The van der Waals surface area contributed by atoms with Crippen LogP contribution in [0.15, 0.2) is 0 Å². The molecule has 1 unspecified atom stereocenters. The van der Waals surface area contributed by atoms with Crippen molar-refractivity contribution in [2.45, 2.75) is 26.4 Å². The SMILES string of the molecule is CC(C)(CC#N)C(O)CO. The van der Waals surface area contributed by atoms with E-state index in [-0.39, 0.29) is 13.0 Å². The number of nitriles is 1. The predicted molar refractivity (Wildman–Crippen MR) is 37.1 cm³/mol. The van der Waals surface area contributed by atoms with Crippen LogP contribution >= 0.6 is 0 Å². The van der Waals surface area contributed by atoms with Crippen LogP contribution in [-0.2, 0) is 0 Å². The van der Waals surface area contributed by atoms with Gasteiger partial charge in [0.05, 0.1) is 18.8 Å². The minimum Gasteiger partial charge on any atom is -0.394 e. The maximum atomic E-state index is 9.12. The summed E-state index contributed by atoms with van der Waals surface area (Å²) in [6.07, 6.45) is -0.540. The van der Waals surface area contributed by atoms with Crippen LogP contribution in [0.5, 0.6) is 0 Å². The summed E-state index contributed by atoms with van der Waals surface area (Å²) in [6, 6.07) is 1.95. The van der Waals surface area contributed by atoms with Gasteiger partial charge in [-0.25, -0.2) is 0 Å². The molecular formula is C7H13NO2. The van der Waals surface area contributed by atoms with Gasteiger partial charge in [-0.3, -0.25) is 0 Å². The quantitative estimate of drug-likeness (QED) is 0.596. The van der Waals surface area contributed by atoms with Gasteiger partial charge in [-0.1, -0.05) is 13.8 Å². The van der Waals surface area contributed by atoms with Crippen molar-refractivity contribution in [3.63, 3.8) is 0 Å². The molecule has 0 rings (SSSR count). The Morgan fingerprint density at radius 1 is 1.60 bits per heavy atom. The fourth-order valence-electron chi connectivity index (χ4n) is 0.569. The minimum atomic E-state index is -0.799. The van der Waals surface area contributed by atoms with E-state index in [1.54, 1.807) is 13.8 Å². The first kappa shape index (κ1) is 9.41. The number of hydrogen-bond acceptors (Lipinski definition) is 3. The predicted octanol–water partition coefficient (Wildman–Crippen LogP) is 0.279. The summed E-state index contributed by atoms with van der Waals surface area (Å²) in [5, 5.41) is 26.0. The summed E-state index contributed by atoms with van der Waals surface area (Å²) in [4.78, 5) is 0. The van der Waals surface area contributed by atoms with E-state index < -0.39 is 11.5 Å². The lowest BCUT2D eigenvalue weighted by Crippen LogP contribution is -2.31. The van der Waals surface area contributed by atoms with Gasteiger partial charge in [-0.2, -0.15) is 5.26 Å². The van der Waals surface area contributed by atoms with Gasteiger partial charge >= 0.3 is 0 Å². The topological polar surface area (TPSA) is 64.2 Å². The molecule has 1 atom stereocenters. The summed E-state index contributed by atoms with van der Waals surface area (Å²) in [6.45, 7) is 3.21. The van der Waals surface area contributed by atoms with Crippen LogP contribution < -0.4 is 0 Å². The van der Waals surface area contributed by atoms with E-state index in [0.29, 0.717) is 0 Å². The summed E-state index contributed by atoms with van der Waals surface area (Å²) in [7, 11) is 0. The molecule has 0 saturated heterocycles. The Hall–Kier alpha value is -0.590. The highest BCUT2D eigenvalue weighted by Gasteiger charge is 2.26. The van der Waals surface area contributed by atoms with E-state index in [4.69, 9.17) is 15.5 Å². The normalized spacial score (nSPS) is 14.3. The zero-order valence-electron chi connectivity index (χ0n) is 6.33. The van der Waals surface area contributed by atoms with Crippen molar-refractivity contribution in [3.05, 3.63) is 0 Å². The van der Waals surface area contributed by atoms with Crippen LogP contribution in [0, 0.1) is 16.7 Å². The maximum absolute atomic E-state index is 9.12. The second kappa shape index (κ2) is 3.55. The van der Waals surface area contributed by atoms with Gasteiger partial charge in [0.15, 0.2) is 0 Å². The third-order valence-corrected chi connectivity index (χ3v) is 1.61. The van der Waals surface area contributed by atoms with Crippen LogP contribution in [0.4, 0.5) is 0 Å². The molecule has 0 aliphatic rings. The van der Waals surface area contributed by atoms with Crippen LogP contribution in [0.2, 0.25) is 0 Å². The lowest BCUT2D eigenvalue weighted by molar-refractivity contribution is 0.00601. The molecule has 58 valence electrons. The third kappa shape index (κ3) is 2.34. The Morgan fingerprint density at radius 2 is 2.10 bits per heavy atom. The summed E-state index contributed by atoms with van der Waals surface area (Å²) in [5.41, 5.74) is -0.497. The average molecular weight is 143 g/mol. The molecule has 0 spiro atoms. The average Bonchev–Trinajstić information content (AvgIpc) is 1.86. The van der Waals surface area contributed by atoms with Crippen LogP contribution in [0.3, 0.4) is 0 Å². The number of nitrogens with zero attached hydrogens (tertiary/aromatic N) is 1. The van der Waals surface area contributed by atoms with Crippen molar-refractivity contribution >= 4 is 0 Å². The smallest absolute Gasteiger partial charge is 0.0831 e. The first-order chi connectivity index (χ1) is 4.54. The van der Waals surface area contributed by atoms with E-state index in [1.165, 1.54) is 0 Å². The monoisotopic (exact) mass is 143 g/mol. The highest BCUT2D eigenvalue weighted by molar-refractivity contribution is 4.86. The molecule has 3 heteroatoms. The van der Waals surface area contributed by atoms with Crippen LogP contribution in [0.1, 0.15) is 20.3 Å². The molecule has 0 aliphatic carbocycles. The molecular weight excluding hydrogens is 130 g/mol. The zero-order valence-corrected chi connectivity index (χ0v) is 6.33. The molecule has 10 heavy (non-hydrogen) atoms. The lowest BCUT2D eigenvalue weighted by Gasteiger charge is -2.25. The Bertz CT molecular complexity index is 137. The number of hydrogen-bond donors (Lipinski definition) is 2. The van der Waals surface area contributed by atoms with Crippen molar-refractivity contribution in [1.82, 2.24) is 0 Å². The largest absolute Gasteiger partial charge is 0.394 e.